The SMILES string of the molecule is CN(Cc1ccc(C#CCN)cc1)Cc1ccoc1. The van der Waals surface area contributed by atoms with Crippen molar-refractivity contribution >= 4 is 0 Å². The molecule has 0 saturated heterocycles. The number of nitrogens with two attached hydrogens (primary N) is 1. The molecule has 0 aliphatic heterocycles. The zero-order chi connectivity index (χ0) is 13.5. The molecule has 0 aliphatic rings. The first kappa shape index (κ1) is 13.4. The average molecular weight is 254 g/mol. The molecule has 0 radical (unpaired) electrons. The van der Waals surface area contributed by atoms with Crippen LogP contribution in [0.3, 0.4) is 0 Å². The summed E-state index contributed by atoms with van der Waals surface area (Å²) in [6.45, 7) is 2.18. The van der Waals surface area contributed by atoms with Crippen LogP contribution in [0.25, 0.3) is 0 Å². The number of hydrogen-bond acceptors (Lipinski definition) is 3. The Hall–Kier alpha value is -2.02. The van der Waals surface area contributed by atoms with E-state index in [1.54, 1.807) is 12.5 Å². The van der Waals surface area contributed by atoms with Gasteiger partial charge in [-0.2, -0.15) is 0 Å². The fourth-order valence-electron chi connectivity index (χ4n) is 1.91. The van der Waals surface area contributed by atoms with Crippen molar-refractivity contribution in [3.63, 3.8) is 0 Å². The molecule has 0 atom stereocenters. The Morgan fingerprint density at radius 2 is 1.84 bits per heavy atom. The smallest absolute Gasteiger partial charge is 0.0947 e. The van der Waals surface area contributed by atoms with Crippen LogP contribution in [0, 0.1) is 11.8 Å². The number of nitrogens with zero attached hydrogens (tertiary/aromatic N) is 1. The Bertz CT molecular complexity index is 547. The summed E-state index contributed by atoms with van der Waals surface area (Å²) in [6, 6.07) is 10.3. The summed E-state index contributed by atoms with van der Waals surface area (Å²) in [7, 11) is 2.09. The van der Waals surface area contributed by atoms with Crippen molar-refractivity contribution in [3.05, 3.63) is 59.5 Å². The van der Waals surface area contributed by atoms with Gasteiger partial charge in [0.2, 0.25) is 0 Å². The highest BCUT2D eigenvalue weighted by Crippen LogP contribution is 2.09. The number of furan rings is 1. The van der Waals surface area contributed by atoms with Gasteiger partial charge in [0.25, 0.3) is 0 Å². The zero-order valence-corrected chi connectivity index (χ0v) is 11.1. The van der Waals surface area contributed by atoms with Gasteiger partial charge in [0.1, 0.15) is 0 Å². The summed E-state index contributed by atoms with van der Waals surface area (Å²) in [5.74, 6) is 5.87. The Labute approximate surface area is 114 Å². The van der Waals surface area contributed by atoms with Crippen LogP contribution in [-0.2, 0) is 13.1 Å². The minimum atomic E-state index is 0.398. The highest BCUT2D eigenvalue weighted by atomic mass is 16.3. The average Bonchev–Trinajstić information content (AvgIpc) is 2.90. The normalized spacial score (nSPS) is 10.3. The van der Waals surface area contributed by atoms with Gasteiger partial charge in [-0.15, -0.1) is 0 Å². The maximum atomic E-state index is 5.35. The highest BCUT2D eigenvalue weighted by Gasteiger charge is 2.02. The van der Waals surface area contributed by atoms with Crippen LogP contribution >= 0.6 is 0 Å². The summed E-state index contributed by atoms with van der Waals surface area (Å²) in [4.78, 5) is 2.24. The second kappa shape index (κ2) is 6.79. The Balaban J connectivity index is 1.92. The van der Waals surface area contributed by atoms with Crippen molar-refractivity contribution in [2.24, 2.45) is 5.73 Å². The molecule has 1 aromatic carbocycles. The molecule has 2 rings (SSSR count). The quantitative estimate of drug-likeness (QED) is 0.851. The lowest BCUT2D eigenvalue weighted by Gasteiger charge is -2.15. The molecule has 19 heavy (non-hydrogen) atoms. The predicted octanol–water partition coefficient (Wildman–Crippen LogP) is 2.22. The molecule has 0 bridgehead atoms. The summed E-state index contributed by atoms with van der Waals surface area (Å²) in [5, 5.41) is 0. The van der Waals surface area contributed by atoms with Crippen LogP contribution < -0.4 is 5.73 Å². The van der Waals surface area contributed by atoms with Gasteiger partial charge in [0, 0.05) is 24.2 Å². The monoisotopic (exact) mass is 254 g/mol. The molecule has 3 heteroatoms. The lowest BCUT2D eigenvalue weighted by Crippen LogP contribution is -2.16. The second-order valence-electron chi connectivity index (χ2n) is 4.51. The fraction of sp³-hybridized carbons (Fsp3) is 0.250. The van der Waals surface area contributed by atoms with Gasteiger partial charge < -0.3 is 10.2 Å². The molecule has 1 heterocycles. The van der Waals surface area contributed by atoms with Crippen LogP contribution in [0.5, 0.6) is 0 Å². The van der Waals surface area contributed by atoms with Crippen molar-refractivity contribution in [2.75, 3.05) is 13.6 Å². The minimum absolute atomic E-state index is 0.398. The molecular formula is C16H18N2O. The van der Waals surface area contributed by atoms with E-state index in [0.717, 1.165) is 18.7 Å². The van der Waals surface area contributed by atoms with Crippen LogP contribution in [0.15, 0.2) is 47.3 Å². The number of hydrogen-bond donors (Lipinski definition) is 1. The van der Waals surface area contributed by atoms with E-state index in [9.17, 15) is 0 Å². The molecule has 2 N–H and O–H groups in total. The highest BCUT2D eigenvalue weighted by molar-refractivity contribution is 5.36. The van der Waals surface area contributed by atoms with E-state index in [0.29, 0.717) is 6.54 Å². The first-order valence-corrected chi connectivity index (χ1v) is 6.25. The molecule has 0 spiro atoms. The van der Waals surface area contributed by atoms with E-state index in [2.05, 4.69) is 35.9 Å². The van der Waals surface area contributed by atoms with E-state index in [1.807, 2.05) is 18.2 Å². The first-order valence-electron chi connectivity index (χ1n) is 6.25. The summed E-state index contributed by atoms with van der Waals surface area (Å²) in [6.07, 6.45) is 3.48. The van der Waals surface area contributed by atoms with Crippen molar-refractivity contribution in [2.45, 2.75) is 13.1 Å². The van der Waals surface area contributed by atoms with Gasteiger partial charge in [0.05, 0.1) is 19.1 Å². The molecule has 3 nitrogen and oxygen atoms in total. The van der Waals surface area contributed by atoms with E-state index in [-0.39, 0.29) is 0 Å². The third-order valence-electron chi connectivity index (χ3n) is 2.77. The summed E-state index contributed by atoms with van der Waals surface area (Å²) >= 11 is 0. The van der Waals surface area contributed by atoms with Gasteiger partial charge >= 0.3 is 0 Å². The lowest BCUT2D eigenvalue weighted by atomic mass is 10.1. The van der Waals surface area contributed by atoms with Gasteiger partial charge in [-0.25, -0.2) is 0 Å². The van der Waals surface area contributed by atoms with Gasteiger partial charge in [-0.05, 0) is 30.8 Å². The Kier molecular flexibility index (Phi) is 4.79. The Morgan fingerprint density at radius 1 is 1.11 bits per heavy atom. The van der Waals surface area contributed by atoms with Crippen molar-refractivity contribution < 1.29 is 4.42 Å². The molecule has 2 aromatic rings. The second-order valence-corrected chi connectivity index (χ2v) is 4.51. The minimum Gasteiger partial charge on any atom is -0.472 e. The summed E-state index contributed by atoms with van der Waals surface area (Å²) < 4.78 is 5.07. The van der Waals surface area contributed by atoms with Crippen molar-refractivity contribution in [1.82, 2.24) is 4.90 Å². The van der Waals surface area contributed by atoms with Crippen molar-refractivity contribution in [1.29, 1.82) is 0 Å². The van der Waals surface area contributed by atoms with E-state index >= 15 is 0 Å². The van der Waals surface area contributed by atoms with Crippen molar-refractivity contribution in [3.8, 4) is 11.8 Å². The maximum Gasteiger partial charge on any atom is 0.0947 e. The van der Waals surface area contributed by atoms with Gasteiger partial charge in [0.15, 0.2) is 0 Å². The molecule has 0 aliphatic carbocycles. The molecule has 98 valence electrons. The zero-order valence-electron chi connectivity index (χ0n) is 11.1. The molecule has 0 saturated carbocycles. The third kappa shape index (κ3) is 4.29. The first-order chi connectivity index (χ1) is 9.28. The molecule has 0 unspecified atom stereocenters. The maximum absolute atomic E-state index is 5.35. The topological polar surface area (TPSA) is 42.4 Å². The fourth-order valence-corrected chi connectivity index (χ4v) is 1.91. The van der Waals surface area contributed by atoms with E-state index in [1.165, 1.54) is 11.1 Å². The van der Waals surface area contributed by atoms with Gasteiger partial charge in [-0.1, -0.05) is 24.0 Å². The van der Waals surface area contributed by atoms with Crippen LogP contribution in [0.4, 0.5) is 0 Å². The van der Waals surface area contributed by atoms with E-state index < -0.39 is 0 Å². The third-order valence-corrected chi connectivity index (χ3v) is 2.77. The molecule has 0 amide bonds. The predicted molar refractivity (Wildman–Crippen MR) is 76.3 cm³/mol. The van der Waals surface area contributed by atoms with Crippen LogP contribution in [0.2, 0.25) is 0 Å². The number of benzene rings is 1. The van der Waals surface area contributed by atoms with E-state index in [4.69, 9.17) is 10.2 Å². The molecule has 0 fully saturated rings. The summed E-state index contributed by atoms with van der Waals surface area (Å²) in [5.41, 5.74) is 8.81. The Morgan fingerprint density at radius 3 is 2.47 bits per heavy atom. The van der Waals surface area contributed by atoms with Crippen LogP contribution in [-0.4, -0.2) is 18.5 Å². The largest absolute Gasteiger partial charge is 0.472 e. The van der Waals surface area contributed by atoms with Gasteiger partial charge in [-0.3, -0.25) is 4.90 Å². The molecular weight excluding hydrogens is 236 g/mol. The number of rotatable bonds is 4. The van der Waals surface area contributed by atoms with Crippen LogP contribution in [0.1, 0.15) is 16.7 Å². The lowest BCUT2D eigenvalue weighted by molar-refractivity contribution is 0.318. The molecule has 1 aromatic heterocycles. The standard InChI is InChI=1S/C16H18N2O/c1-18(12-16-8-10-19-13-16)11-15-6-4-14(5-7-15)3-2-9-17/h4-8,10,13H,9,11-12,17H2,1H3.